The molecule has 0 spiro atoms. The minimum atomic E-state index is -0.638. The van der Waals surface area contributed by atoms with Crippen molar-refractivity contribution in [2.45, 2.75) is 70.8 Å². The van der Waals surface area contributed by atoms with E-state index < -0.39 is 17.4 Å². The van der Waals surface area contributed by atoms with Crippen LogP contribution in [0.5, 0.6) is 5.75 Å². The van der Waals surface area contributed by atoms with Crippen LogP contribution in [0.2, 0.25) is 0 Å². The van der Waals surface area contributed by atoms with Crippen LogP contribution in [-0.4, -0.2) is 18.2 Å². The summed E-state index contributed by atoms with van der Waals surface area (Å²) >= 11 is 0. The molecule has 0 N–H and O–H groups in total. The van der Waals surface area contributed by atoms with E-state index in [2.05, 4.69) is 0 Å². The Morgan fingerprint density at radius 3 is 2.42 bits per heavy atom. The zero-order chi connectivity index (χ0) is 17.3. The van der Waals surface area contributed by atoms with Gasteiger partial charge in [-0.2, -0.15) is 0 Å². The van der Waals surface area contributed by atoms with E-state index in [-0.39, 0.29) is 5.56 Å². The van der Waals surface area contributed by atoms with E-state index in [1.54, 1.807) is 26.8 Å². The quantitative estimate of drug-likeness (QED) is 0.692. The van der Waals surface area contributed by atoms with E-state index in [9.17, 15) is 9.18 Å². The van der Waals surface area contributed by atoms with Crippen LogP contribution < -0.4 is 4.74 Å². The maximum Gasteiger partial charge on any atom is 0.341 e. The molecule has 0 saturated heterocycles. The van der Waals surface area contributed by atoms with Crippen LogP contribution in [0.25, 0.3) is 0 Å². The molecule has 0 aliphatic heterocycles. The molecule has 2 fully saturated rings. The SMILES string of the molecule is CC(C)(C)OC(=O)c1cc(C2CC2)c(OCC2CCCC2)cc1F. The molecule has 0 atom stereocenters. The molecule has 0 radical (unpaired) electrons. The van der Waals surface area contributed by atoms with E-state index in [0.29, 0.717) is 24.2 Å². The third-order valence-electron chi connectivity index (χ3n) is 4.68. The minimum Gasteiger partial charge on any atom is -0.493 e. The highest BCUT2D eigenvalue weighted by Crippen LogP contribution is 2.45. The lowest BCUT2D eigenvalue weighted by Gasteiger charge is -2.21. The predicted octanol–water partition coefficient (Wildman–Crippen LogP) is 5.23. The summed E-state index contributed by atoms with van der Waals surface area (Å²) in [7, 11) is 0. The molecule has 3 rings (SSSR count). The Bertz CT molecular complexity index is 608. The van der Waals surface area contributed by atoms with Crippen molar-refractivity contribution in [1.82, 2.24) is 0 Å². The minimum absolute atomic E-state index is 0.0139. The first-order valence-corrected chi connectivity index (χ1v) is 9.03. The standard InChI is InChI=1S/C20H27FO3/c1-20(2,3)24-19(22)16-10-15(14-8-9-14)18(11-17(16)21)23-12-13-6-4-5-7-13/h10-11,13-14H,4-9,12H2,1-3H3. The average Bonchev–Trinajstić information content (AvgIpc) is 3.19. The predicted molar refractivity (Wildman–Crippen MR) is 91.0 cm³/mol. The zero-order valence-electron chi connectivity index (χ0n) is 14.9. The van der Waals surface area contributed by atoms with Crippen LogP contribution in [-0.2, 0) is 4.74 Å². The van der Waals surface area contributed by atoms with Crippen molar-refractivity contribution in [2.75, 3.05) is 6.61 Å². The van der Waals surface area contributed by atoms with E-state index >= 15 is 0 Å². The number of benzene rings is 1. The fourth-order valence-corrected chi connectivity index (χ4v) is 3.28. The lowest BCUT2D eigenvalue weighted by Crippen LogP contribution is -2.24. The van der Waals surface area contributed by atoms with Gasteiger partial charge >= 0.3 is 5.97 Å². The molecule has 2 aliphatic rings. The highest BCUT2D eigenvalue weighted by molar-refractivity contribution is 5.90. The van der Waals surface area contributed by atoms with Crippen LogP contribution in [0.3, 0.4) is 0 Å². The molecular formula is C20H27FO3. The maximum absolute atomic E-state index is 14.5. The van der Waals surface area contributed by atoms with E-state index in [1.165, 1.54) is 31.7 Å². The van der Waals surface area contributed by atoms with Gasteiger partial charge in [0.25, 0.3) is 0 Å². The van der Waals surface area contributed by atoms with Gasteiger partial charge in [0, 0.05) is 6.07 Å². The molecule has 132 valence electrons. The third kappa shape index (κ3) is 4.28. The number of carbonyl (C=O) groups excluding carboxylic acids is 1. The Morgan fingerprint density at radius 1 is 1.17 bits per heavy atom. The van der Waals surface area contributed by atoms with Crippen LogP contribution >= 0.6 is 0 Å². The third-order valence-corrected chi connectivity index (χ3v) is 4.68. The molecule has 2 saturated carbocycles. The molecule has 0 unspecified atom stereocenters. The Morgan fingerprint density at radius 2 is 1.83 bits per heavy atom. The van der Waals surface area contributed by atoms with Gasteiger partial charge in [-0.25, -0.2) is 9.18 Å². The molecule has 0 heterocycles. The number of hydrogen-bond acceptors (Lipinski definition) is 3. The lowest BCUT2D eigenvalue weighted by atomic mass is 10.0. The van der Waals surface area contributed by atoms with Gasteiger partial charge in [-0.3, -0.25) is 0 Å². The van der Waals surface area contributed by atoms with Crippen molar-refractivity contribution in [3.8, 4) is 5.75 Å². The largest absolute Gasteiger partial charge is 0.493 e. The summed E-state index contributed by atoms with van der Waals surface area (Å²) in [5.74, 6) is 0.393. The van der Waals surface area contributed by atoms with Gasteiger partial charge in [-0.1, -0.05) is 12.8 Å². The number of rotatable bonds is 5. The van der Waals surface area contributed by atoms with Gasteiger partial charge in [0.05, 0.1) is 12.2 Å². The fourth-order valence-electron chi connectivity index (χ4n) is 3.28. The number of esters is 1. The van der Waals surface area contributed by atoms with Crippen LogP contribution in [0.15, 0.2) is 12.1 Å². The smallest absolute Gasteiger partial charge is 0.341 e. The first-order valence-electron chi connectivity index (χ1n) is 9.03. The van der Waals surface area contributed by atoms with Gasteiger partial charge in [-0.15, -0.1) is 0 Å². The summed E-state index contributed by atoms with van der Waals surface area (Å²) in [4.78, 5) is 12.3. The second kappa shape index (κ2) is 6.73. The van der Waals surface area contributed by atoms with Gasteiger partial charge in [0.2, 0.25) is 0 Å². The van der Waals surface area contributed by atoms with Gasteiger partial charge < -0.3 is 9.47 Å². The molecule has 2 aliphatic carbocycles. The number of ether oxygens (including phenoxy) is 2. The normalized spacial score (nSPS) is 18.7. The number of halogens is 1. The van der Waals surface area contributed by atoms with Crippen LogP contribution in [0, 0.1) is 11.7 Å². The topological polar surface area (TPSA) is 35.5 Å². The molecule has 4 heteroatoms. The zero-order valence-corrected chi connectivity index (χ0v) is 14.9. The first kappa shape index (κ1) is 17.2. The summed E-state index contributed by atoms with van der Waals surface area (Å²) < 4.78 is 25.7. The molecule has 3 nitrogen and oxygen atoms in total. The van der Waals surface area contributed by atoms with Crippen molar-refractivity contribution < 1.29 is 18.7 Å². The van der Waals surface area contributed by atoms with Crippen molar-refractivity contribution in [3.05, 3.63) is 29.1 Å². The number of hydrogen-bond donors (Lipinski definition) is 0. The molecule has 0 amide bonds. The summed E-state index contributed by atoms with van der Waals surface area (Å²) in [6, 6.07) is 3.02. The molecular weight excluding hydrogens is 307 g/mol. The summed E-state index contributed by atoms with van der Waals surface area (Å²) in [6.45, 7) is 5.99. The molecule has 0 bridgehead atoms. The fraction of sp³-hybridized carbons (Fsp3) is 0.650. The van der Waals surface area contributed by atoms with E-state index in [4.69, 9.17) is 9.47 Å². The van der Waals surface area contributed by atoms with Crippen molar-refractivity contribution >= 4 is 5.97 Å². The van der Waals surface area contributed by atoms with Gasteiger partial charge in [0.15, 0.2) is 0 Å². The van der Waals surface area contributed by atoms with E-state index in [0.717, 1.165) is 18.4 Å². The first-order chi connectivity index (χ1) is 11.3. The van der Waals surface area contributed by atoms with Crippen molar-refractivity contribution in [3.63, 3.8) is 0 Å². The molecule has 1 aromatic rings. The highest BCUT2D eigenvalue weighted by atomic mass is 19.1. The summed E-state index contributed by atoms with van der Waals surface area (Å²) in [6.07, 6.45) is 7.04. The monoisotopic (exact) mass is 334 g/mol. The highest BCUT2D eigenvalue weighted by Gasteiger charge is 2.31. The van der Waals surface area contributed by atoms with E-state index in [1.807, 2.05) is 0 Å². The summed E-state index contributed by atoms with van der Waals surface area (Å²) in [5, 5.41) is 0. The average molecular weight is 334 g/mol. The van der Waals surface area contributed by atoms with Crippen LogP contribution in [0.4, 0.5) is 4.39 Å². The lowest BCUT2D eigenvalue weighted by molar-refractivity contribution is 0.00645. The Balaban J connectivity index is 1.79. The Hall–Kier alpha value is -1.58. The second-order valence-electron chi connectivity index (χ2n) is 8.11. The van der Waals surface area contributed by atoms with Crippen LogP contribution in [0.1, 0.15) is 81.1 Å². The molecule has 0 aromatic heterocycles. The Labute approximate surface area is 143 Å². The Kier molecular flexibility index (Phi) is 4.84. The van der Waals surface area contributed by atoms with Gasteiger partial charge in [0.1, 0.15) is 17.2 Å². The van der Waals surface area contributed by atoms with Crippen molar-refractivity contribution in [1.29, 1.82) is 0 Å². The van der Waals surface area contributed by atoms with Gasteiger partial charge in [-0.05, 0) is 69.9 Å². The molecule has 1 aromatic carbocycles. The van der Waals surface area contributed by atoms with Crippen molar-refractivity contribution in [2.24, 2.45) is 5.92 Å². The number of carbonyl (C=O) groups is 1. The maximum atomic E-state index is 14.5. The second-order valence-corrected chi connectivity index (χ2v) is 8.11. The summed E-state index contributed by atoms with van der Waals surface area (Å²) in [5.41, 5.74) is 0.330. The molecule has 24 heavy (non-hydrogen) atoms.